The summed E-state index contributed by atoms with van der Waals surface area (Å²) >= 11 is 0. The fourth-order valence-corrected chi connectivity index (χ4v) is 0.457. The topological polar surface area (TPSA) is 55.7 Å². The lowest BCUT2D eigenvalue weighted by atomic mass is 10.7. The molecule has 0 bridgehead atoms. The molecular weight excluding hydrogens is 92.1 g/mol. The molecule has 0 atom stereocenters. The third kappa shape index (κ3) is 0.880. The van der Waals surface area contributed by atoms with Crippen LogP contribution in [-0.4, -0.2) is 24.4 Å². The molecule has 0 aromatic rings. The molecule has 0 saturated heterocycles. The van der Waals surface area contributed by atoms with E-state index in [0.29, 0.717) is 0 Å². The summed E-state index contributed by atoms with van der Waals surface area (Å²) in [5.41, 5.74) is 3.37. The van der Waals surface area contributed by atoms with Crippen LogP contribution in [0.15, 0.2) is 4.99 Å². The number of hydrogen-bond donors (Lipinski definition) is 1. The minimum atomic E-state index is 0.820. The highest BCUT2D eigenvalue weighted by Gasteiger charge is 2.00. The van der Waals surface area contributed by atoms with E-state index in [-0.39, 0.29) is 0 Å². The molecule has 2 N–H and O–H groups in total. The standard InChI is InChI=1S/C3H7N4/c4-6-7-2-1-5-3-7/h3H,1-2,4H2. The van der Waals surface area contributed by atoms with E-state index >= 15 is 0 Å². The molecule has 0 aromatic heterocycles. The molecule has 0 unspecified atom stereocenters. The quantitative estimate of drug-likeness (QED) is 0.329. The molecule has 0 spiro atoms. The molecule has 0 saturated carbocycles. The Hall–Kier alpha value is -0.610. The van der Waals surface area contributed by atoms with Gasteiger partial charge in [-0.25, -0.2) is 5.84 Å². The summed E-state index contributed by atoms with van der Waals surface area (Å²) in [4.78, 5) is 3.86. The predicted octanol–water partition coefficient (Wildman–Crippen LogP) is -1.28. The Morgan fingerprint density at radius 2 is 2.71 bits per heavy atom. The maximum atomic E-state index is 4.89. The summed E-state index contributed by atoms with van der Waals surface area (Å²) in [6.45, 7) is 1.65. The van der Waals surface area contributed by atoms with Crippen LogP contribution >= 0.6 is 0 Å². The first-order chi connectivity index (χ1) is 3.43. The van der Waals surface area contributed by atoms with E-state index in [1.807, 2.05) is 0 Å². The first-order valence-electron chi connectivity index (χ1n) is 2.11. The zero-order valence-corrected chi connectivity index (χ0v) is 3.91. The molecule has 1 heterocycles. The minimum absolute atomic E-state index is 0.820. The Kier molecular flexibility index (Phi) is 1.24. The van der Waals surface area contributed by atoms with E-state index in [0.717, 1.165) is 13.1 Å². The van der Waals surface area contributed by atoms with E-state index in [4.69, 9.17) is 5.84 Å². The average Bonchev–Trinajstić information content (AvgIpc) is 2.14. The van der Waals surface area contributed by atoms with Crippen LogP contribution < -0.4 is 11.4 Å². The number of aliphatic imine (C=N–C) groups is 1. The lowest BCUT2D eigenvalue weighted by Gasteiger charge is -2.04. The summed E-state index contributed by atoms with van der Waals surface area (Å²) in [5.74, 6) is 4.89. The Morgan fingerprint density at radius 1 is 1.86 bits per heavy atom. The van der Waals surface area contributed by atoms with Crippen LogP contribution in [0.4, 0.5) is 0 Å². The van der Waals surface area contributed by atoms with Gasteiger partial charge in [-0.3, -0.25) is 10.0 Å². The zero-order valence-electron chi connectivity index (χ0n) is 3.91. The van der Waals surface area contributed by atoms with E-state index in [1.54, 1.807) is 11.3 Å². The molecule has 1 aliphatic heterocycles. The third-order valence-corrected chi connectivity index (χ3v) is 0.821. The first kappa shape index (κ1) is 4.55. The van der Waals surface area contributed by atoms with E-state index < -0.39 is 0 Å². The van der Waals surface area contributed by atoms with Crippen molar-refractivity contribution in [1.29, 1.82) is 0 Å². The lowest BCUT2D eigenvalue weighted by molar-refractivity contribution is 0.339. The monoisotopic (exact) mass is 99.1 g/mol. The van der Waals surface area contributed by atoms with E-state index in [2.05, 4.69) is 10.5 Å². The highest BCUT2D eigenvalue weighted by molar-refractivity contribution is 5.55. The maximum absolute atomic E-state index is 4.89. The highest BCUT2D eigenvalue weighted by atomic mass is 15.6. The van der Waals surface area contributed by atoms with E-state index in [9.17, 15) is 0 Å². The third-order valence-electron chi connectivity index (χ3n) is 0.821. The van der Waals surface area contributed by atoms with Gasteiger partial charge < -0.3 is 0 Å². The Bertz CT molecular complexity index is 79.0. The molecule has 0 fully saturated rings. The van der Waals surface area contributed by atoms with Crippen molar-refractivity contribution in [3.05, 3.63) is 0 Å². The van der Waals surface area contributed by atoms with Crippen LogP contribution in [0, 0.1) is 0 Å². The predicted molar refractivity (Wildman–Crippen MR) is 26.4 cm³/mol. The lowest BCUT2D eigenvalue weighted by Crippen LogP contribution is -2.33. The highest BCUT2D eigenvalue weighted by Crippen LogP contribution is 1.84. The molecule has 4 heteroatoms. The van der Waals surface area contributed by atoms with Crippen molar-refractivity contribution in [2.45, 2.75) is 0 Å². The molecule has 39 valence electrons. The van der Waals surface area contributed by atoms with Crippen molar-refractivity contribution >= 4 is 6.34 Å². The van der Waals surface area contributed by atoms with Crippen molar-refractivity contribution in [3.8, 4) is 0 Å². The van der Waals surface area contributed by atoms with Gasteiger partial charge in [0, 0.05) is 0 Å². The van der Waals surface area contributed by atoms with E-state index in [1.165, 1.54) is 0 Å². The van der Waals surface area contributed by atoms with Crippen molar-refractivity contribution < 1.29 is 0 Å². The molecule has 1 radical (unpaired) electrons. The van der Waals surface area contributed by atoms with Gasteiger partial charge in [-0.15, -0.1) is 0 Å². The van der Waals surface area contributed by atoms with Gasteiger partial charge in [0.05, 0.1) is 13.1 Å². The fraction of sp³-hybridized carbons (Fsp3) is 0.667. The number of nitrogens with two attached hydrogens (primary N) is 1. The summed E-state index contributed by atoms with van der Waals surface area (Å²) in [5, 5.41) is 1.60. The summed E-state index contributed by atoms with van der Waals surface area (Å²) < 4.78 is 0. The molecule has 7 heavy (non-hydrogen) atoms. The Labute approximate surface area is 41.9 Å². The van der Waals surface area contributed by atoms with Crippen molar-refractivity contribution in [2.75, 3.05) is 13.1 Å². The first-order valence-corrected chi connectivity index (χ1v) is 2.11. The van der Waals surface area contributed by atoms with Crippen LogP contribution in [-0.2, 0) is 0 Å². The Morgan fingerprint density at radius 3 is 3.00 bits per heavy atom. The van der Waals surface area contributed by atoms with Gasteiger partial charge >= 0.3 is 0 Å². The number of nitrogens with zero attached hydrogens (tertiary/aromatic N) is 3. The molecule has 4 nitrogen and oxygen atoms in total. The van der Waals surface area contributed by atoms with Crippen molar-refractivity contribution in [1.82, 2.24) is 10.5 Å². The maximum Gasteiger partial charge on any atom is 0.102 e. The molecule has 0 amide bonds. The SMILES string of the molecule is N[N]N1C=NCC1. The summed E-state index contributed by atoms with van der Waals surface area (Å²) in [6, 6.07) is 0. The smallest absolute Gasteiger partial charge is 0.102 e. The number of rotatable bonds is 1. The van der Waals surface area contributed by atoms with Crippen LogP contribution in [0.5, 0.6) is 0 Å². The largest absolute Gasteiger partial charge is 0.272 e. The summed E-state index contributed by atoms with van der Waals surface area (Å²) in [6.07, 6.45) is 1.62. The van der Waals surface area contributed by atoms with Gasteiger partial charge in [-0.2, -0.15) is 0 Å². The van der Waals surface area contributed by atoms with Crippen LogP contribution in [0.2, 0.25) is 0 Å². The van der Waals surface area contributed by atoms with Crippen LogP contribution in [0.25, 0.3) is 0 Å². The average molecular weight is 99.1 g/mol. The van der Waals surface area contributed by atoms with Gasteiger partial charge in [0.15, 0.2) is 0 Å². The number of hydrogen-bond acceptors (Lipinski definition) is 3. The van der Waals surface area contributed by atoms with Crippen molar-refractivity contribution in [3.63, 3.8) is 0 Å². The molecule has 0 aromatic carbocycles. The molecular formula is C3H7N4. The molecule has 0 aliphatic carbocycles. The molecule has 1 rings (SSSR count). The summed E-state index contributed by atoms with van der Waals surface area (Å²) in [7, 11) is 0. The minimum Gasteiger partial charge on any atom is -0.272 e. The van der Waals surface area contributed by atoms with Gasteiger partial charge in [0.25, 0.3) is 0 Å². The second-order valence-electron chi connectivity index (χ2n) is 1.30. The van der Waals surface area contributed by atoms with Crippen LogP contribution in [0.1, 0.15) is 0 Å². The second kappa shape index (κ2) is 1.90. The van der Waals surface area contributed by atoms with Gasteiger partial charge in [0.1, 0.15) is 6.34 Å². The van der Waals surface area contributed by atoms with Crippen molar-refractivity contribution in [2.24, 2.45) is 10.8 Å². The van der Waals surface area contributed by atoms with Gasteiger partial charge in [-0.1, -0.05) is 5.53 Å². The van der Waals surface area contributed by atoms with Gasteiger partial charge in [-0.05, 0) is 0 Å². The van der Waals surface area contributed by atoms with Crippen LogP contribution in [0.3, 0.4) is 0 Å². The fourth-order valence-electron chi connectivity index (χ4n) is 0.457. The normalized spacial score (nSPS) is 18.7. The Balaban J connectivity index is 2.28. The van der Waals surface area contributed by atoms with Gasteiger partial charge in [0.2, 0.25) is 0 Å². The zero-order chi connectivity index (χ0) is 5.11. The molecule has 1 aliphatic rings. The second-order valence-corrected chi connectivity index (χ2v) is 1.30.